The summed E-state index contributed by atoms with van der Waals surface area (Å²) in [6.07, 6.45) is 3.18. The molecule has 0 aromatic carbocycles. The average molecular weight is 363 g/mol. The number of carbonyl (C=O) groups is 1. The number of ether oxygens (including phenoxy) is 1. The monoisotopic (exact) mass is 362 g/mol. The van der Waals surface area contributed by atoms with E-state index in [4.69, 9.17) is 4.74 Å². The standard InChI is InChI=1S/C20H34N4O2/c1-15(2)17(16(3)18(21-5)23-20(4)7-8-20)19(25)22-9-6-10-24-11-13-26-14-12-24/h23H,5-14H2,1-4H3,(H,22,25)/b18-16-. The number of amides is 1. The molecule has 146 valence electrons. The van der Waals surface area contributed by atoms with Gasteiger partial charge in [0.05, 0.1) is 13.2 Å². The van der Waals surface area contributed by atoms with E-state index in [1.165, 1.54) is 0 Å². The van der Waals surface area contributed by atoms with Gasteiger partial charge in [-0.15, -0.1) is 0 Å². The quantitative estimate of drug-likeness (QED) is 0.286. The number of carbonyl (C=O) groups excluding carboxylic acids is 1. The van der Waals surface area contributed by atoms with Crippen molar-refractivity contribution in [2.24, 2.45) is 4.99 Å². The number of hydrogen-bond donors (Lipinski definition) is 2. The van der Waals surface area contributed by atoms with Crippen LogP contribution in [-0.4, -0.2) is 62.5 Å². The molecule has 1 aliphatic carbocycles. The lowest BCUT2D eigenvalue weighted by atomic mass is 10.0. The lowest BCUT2D eigenvalue weighted by Crippen LogP contribution is -2.38. The molecule has 2 rings (SSSR count). The first-order valence-corrected chi connectivity index (χ1v) is 9.58. The van der Waals surface area contributed by atoms with E-state index in [-0.39, 0.29) is 11.4 Å². The average Bonchev–Trinajstić information content (AvgIpc) is 3.34. The maximum Gasteiger partial charge on any atom is 0.251 e. The van der Waals surface area contributed by atoms with Crippen molar-refractivity contribution in [2.75, 3.05) is 39.4 Å². The Morgan fingerprint density at radius 2 is 1.88 bits per heavy atom. The van der Waals surface area contributed by atoms with Gasteiger partial charge in [0, 0.05) is 36.3 Å². The van der Waals surface area contributed by atoms with Gasteiger partial charge in [-0.25, -0.2) is 4.99 Å². The molecule has 1 heterocycles. The molecule has 0 radical (unpaired) electrons. The molecule has 0 spiro atoms. The predicted octanol–water partition coefficient (Wildman–Crippen LogP) is 2.24. The van der Waals surface area contributed by atoms with Crippen LogP contribution in [0.5, 0.6) is 0 Å². The minimum Gasteiger partial charge on any atom is -0.379 e. The zero-order chi connectivity index (χ0) is 19.2. The first-order valence-electron chi connectivity index (χ1n) is 9.58. The highest BCUT2D eigenvalue weighted by Gasteiger charge is 2.38. The summed E-state index contributed by atoms with van der Waals surface area (Å²) in [5.74, 6) is 0.679. The number of allylic oxidation sites excluding steroid dienone is 1. The van der Waals surface area contributed by atoms with E-state index in [2.05, 4.69) is 34.2 Å². The Morgan fingerprint density at radius 1 is 1.23 bits per heavy atom. The molecule has 0 atom stereocenters. The van der Waals surface area contributed by atoms with Crippen LogP contribution in [0.15, 0.2) is 27.5 Å². The van der Waals surface area contributed by atoms with Gasteiger partial charge in [0.25, 0.3) is 5.91 Å². The van der Waals surface area contributed by atoms with Crippen molar-refractivity contribution >= 4 is 12.6 Å². The summed E-state index contributed by atoms with van der Waals surface area (Å²) in [5.41, 5.74) is 2.64. The smallest absolute Gasteiger partial charge is 0.251 e. The van der Waals surface area contributed by atoms with Crippen LogP contribution in [0.4, 0.5) is 0 Å². The lowest BCUT2D eigenvalue weighted by molar-refractivity contribution is -0.117. The molecule has 1 saturated carbocycles. The molecule has 2 aliphatic rings. The molecule has 6 heteroatoms. The Hall–Kier alpha value is -1.66. The van der Waals surface area contributed by atoms with Crippen LogP contribution in [0, 0.1) is 0 Å². The molecule has 6 nitrogen and oxygen atoms in total. The van der Waals surface area contributed by atoms with Gasteiger partial charge >= 0.3 is 0 Å². The minimum absolute atomic E-state index is 0.0339. The first kappa shape index (κ1) is 20.6. The lowest BCUT2D eigenvalue weighted by Gasteiger charge is -2.26. The van der Waals surface area contributed by atoms with Gasteiger partial charge < -0.3 is 15.4 Å². The minimum atomic E-state index is -0.0339. The van der Waals surface area contributed by atoms with Crippen molar-refractivity contribution < 1.29 is 9.53 Å². The number of rotatable bonds is 9. The molecule has 0 aromatic heterocycles. The largest absolute Gasteiger partial charge is 0.379 e. The highest BCUT2D eigenvalue weighted by molar-refractivity contribution is 5.98. The number of hydrogen-bond acceptors (Lipinski definition) is 5. The van der Waals surface area contributed by atoms with Crippen molar-refractivity contribution in [2.45, 2.75) is 52.5 Å². The van der Waals surface area contributed by atoms with Gasteiger partial charge in [-0.1, -0.05) is 5.57 Å². The zero-order valence-electron chi connectivity index (χ0n) is 16.8. The number of aliphatic imine (C=N–C) groups is 1. The number of nitrogens with zero attached hydrogens (tertiary/aromatic N) is 2. The van der Waals surface area contributed by atoms with Crippen LogP contribution < -0.4 is 10.6 Å². The third-order valence-corrected chi connectivity index (χ3v) is 5.08. The van der Waals surface area contributed by atoms with E-state index < -0.39 is 0 Å². The van der Waals surface area contributed by atoms with Crippen LogP contribution in [0.3, 0.4) is 0 Å². The summed E-state index contributed by atoms with van der Waals surface area (Å²) >= 11 is 0. The molecule has 1 aliphatic heterocycles. The second-order valence-electron chi connectivity index (χ2n) is 7.76. The molecule has 2 fully saturated rings. The maximum atomic E-state index is 12.8. The van der Waals surface area contributed by atoms with Crippen LogP contribution in [0.25, 0.3) is 0 Å². The second kappa shape index (κ2) is 9.33. The van der Waals surface area contributed by atoms with Gasteiger partial charge in [0.1, 0.15) is 5.82 Å². The number of nitrogens with one attached hydrogen (secondary N) is 2. The van der Waals surface area contributed by atoms with Gasteiger partial charge in [0.15, 0.2) is 0 Å². The van der Waals surface area contributed by atoms with Crippen molar-refractivity contribution in [1.82, 2.24) is 15.5 Å². The SMILES string of the molecule is C=N/C(NC1(C)CC1)=C(\C)C(C(=O)NCCCN1CCOCC1)=C(C)C. The Balaban J connectivity index is 1.91. The maximum absolute atomic E-state index is 12.8. The Labute approximate surface area is 157 Å². The molecule has 0 aromatic rings. The summed E-state index contributed by atoms with van der Waals surface area (Å²) < 4.78 is 5.36. The Morgan fingerprint density at radius 3 is 2.42 bits per heavy atom. The van der Waals surface area contributed by atoms with Gasteiger partial charge in [-0.3, -0.25) is 9.69 Å². The van der Waals surface area contributed by atoms with E-state index in [1.807, 2.05) is 20.8 Å². The van der Waals surface area contributed by atoms with E-state index in [0.717, 1.165) is 63.3 Å². The zero-order valence-corrected chi connectivity index (χ0v) is 16.8. The van der Waals surface area contributed by atoms with Gasteiger partial charge in [-0.05, 0) is 60.2 Å². The molecule has 0 bridgehead atoms. The van der Waals surface area contributed by atoms with Crippen molar-refractivity contribution in [1.29, 1.82) is 0 Å². The molecule has 1 saturated heterocycles. The van der Waals surface area contributed by atoms with E-state index in [0.29, 0.717) is 17.9 Å². The van der Waals surface area contributed by atoms with Crippen molar-refractivity contribution in [3.63, 3.8) is 0 Å². The fraction of sp³-hybridized carbons (Fsp3) is 0.700. The summed E-state index contributed by atoms with van der Waals surface area (Å²) in [6.45, 7) is 16.9. The highest BCUT2D eigenvalue weighted by Crippen LogP contribution is 2.36. The topological polar surface area (TPSA) is 66.0 Å². The second-order valence-corrected chi connectivity index (χ2v) is 7.76. The molecular weight excluding hydrogens is 328 g/mol. The van der Waals surface area contributed by atoms with Gasteiger partial charge in [0.2, 0.25) is 0 Å². The Bertz CT molecular complexity index is 581. The fourth-order valence-corrected chi connectivity index (χ4v) is 3.16. The Kier molecular flexibility index (Phi) is 7.41. The predicted molar refractivity (Wildman–Crippen MR) is 106 cm³/mol. The third kappa shape index (κ3) is 5.95. The summed E-state index contributed by atoms with van der Waals surface area (Å²) in [5, 5.41) is 6.50. The van der Waals surface area contributed by atoms with Gasteiger partial charge in [-0.2, -0.15) is 0 Å². The van der Waals surface area contributed by atoms with Crippen molar-refractivity contribution in [3.05, 3.63) is 22.5 Å². The highest BCUT2D eigenvalue weighted by atomic mass is 16.5. The fourth-order valence-electron chi connectivity index (χ4n) is 3.16. The third-order valence-electron chi connectivity index (χ3n) is 5.08. The normalized spacial score (nSPS) is 20.0. The molecule has 1 amide bonds. The molecule has 0 unspecified atom stereocenters. The van der Waals surface area contributed by atoms with E-state index in [9.17, 15) is 4.79 Å². The molecular formula is C20H34N4O2. The van der Waals surface area contributed by atoms with Crippen LogP contribution in [0.1, 0.15) is 47.0 Å². The van der Waals surface area contributed by atoms with E-state index >= 15 is 0 Å². The first-order chi connectivity index (χ1) is 12.4. The molecule has 26 heavy (non-hydrogen) atoms. The summed E-state index contributed by atoms with van der Waals surface area (Å²) in [6, 6.07) is 0. The van der Waals surface area contributed by atoms with Crippen LogP contribution >= 0.6 is 0 Å². The van der Waals surface area contributed by atoms with Crippen LogP contribution in [0.2, 0.25) is 0 Å². The van der Waals surface area contributed by atoms with Crippen LogP contribution in [-0.2, 0) is 9.53 Å². The summed E-state index contributed by atoms with van der Waals surface area (Å²) in [7, 11) is 0. The summed E-state index contributed by atoms with van der Waals surface area (Å²) in [4.78, 5) is 19.3. The number of morpholine rings is 1. The molecule has 2 N–H and O–H groups in total. The van der Waals surface area contributed by atoms with Crippen molar-refractivity contribution in [3.8, 4) is 0 Å². The van der Waals surface area contributed by atoms with E-state index in [1.54, 1.807) is 0 Å².